The van der Waals surface area contributed by atoms with Gasteiger partial charge in [-0.1, -0.05) is 43.0 Å². The number of allylic oxidation sites excluding steroid dienone is 3. The zero-order chi connectivity index (χ0) is 10.2. The fourth-order valence-corrected chi connectivity index (χ4v) is 1.07. The molecule has 0 atom stereocenters. The number of nitrogens with one attached hydrogen (secondary N) is 1. The van der Waals surface area contributed by atoms with Crippen LogP contribution in [0.5, 0.6) is 0 Å². The first-order valence-electron chi connectivity index (χ1n) is 4.42. The van der Waals surface area contributed by atoms with Gasteiger partial charge in [-0.05, 0) is 11.6 Å². The summed E-state index contributed by atoms with van der Waals surface area (Å²) in [6.07, 6.45) is 4.02. The van der Waals surface area contributed by atoms with Crippen LogP contribution < -0.4 is 5.32 Å². The van der Waals surface area contributed by atoms with Crippen molar-refractivity contribution in [2.75, 3.05) is 0 Å². The number of rotatable bonds is 5. The SMILES string of the molecule is C=CC=C(C=O)NCc1ccccc1. The van der Waals surface area contributed by atoms with Gasteiger partial charge in [0.2, 0.25) is 0 Å². The molecule has 0 radical (unpaired) electrons. The van der Waals surface area contributed by atoms with Gasteiger partial charge in [-0.15, -0.1) is 0 Å². The highest BCUT2D eigenvalue weighted by atomic mass is 16.1. The Morgan fingerprint density at radius 1 is 1.36 bits per heavy atom. The maximum absolute atomic E-state index is 10.5. The highest BCUT2D eigenvalue weighted by molar-refractivity contribution is 5.72. The molecule has 0 unspecified atom stereocenters. The average molecular weight is 187 g/mol. The van der Waals surface area contributed by atoms with Crippen molar-refractivity contribution >= 4 is 6.29 Å². The first-order valence-corrected chi connectivity index (χ1v) is 4.42. The van der Waals surface area contributed by atoms with Gasteiger partial charge in [-0.2, -0.15) is 0 Å². The van der Waals surface area contributed by atoms with Crippen molar-refractivity contribution in [3.8, 4) is 0 Å². The minimum atomic E-state index is 0.545. The van der Waals surface area contributed by atoms with Crippen LogP contribution in [-0.2, 0) is 11.3 Å². The predicted octanol–water partition coefficient (Wildman–Crippen LogP) is 2.04. The Balaban J connectivity index is 2.52. The van der Waals surface area contributed by atoms with Crippen molar-refractivity contribution in [3.63, 3.8) is 0 Å². The minimum absolute atomic E-state index is 0.545. The summed E-state index contributed by atoms with van der Waals surface area (Å²) >= 11 is 0. The summed E-state index contributed by atoms with van der Waals surface area (Å²) in [7, 11) is 0. The second-order valence-electron chi connectivity index (χ2n) is 2.81. The smallest absolute Gasteiger partial charge is 0.165 e. The summed E-state index contributed by atoms with van der Waals surface area (Å²) in [5.74, 6) is 0. The fraction of sp³-hybridized carbons (Fsp3) is 0.0833. The van der Waals surface area contributed by atoms with Gasteiger partial charge >= 0.3 is 0 Å². The second-order valence-corrected chi connectivity index (χ2v) is 2.81. The number of aldehydes is 1. The predicted molar refractivity (Wildman–Crippen MR) is 57.6 cm³/mol. The summed E-state index contributed by atoms with van der Waals surface area (Å²) in [4.78, 5) is 10.5. The Bertz CT molecular complexity index is 327. The summed E-state index contributed by atoms with van der Waals surface area (Å²) in [6.45, 7) is 4.18. The van der Waals surface area contributed by atoms with Crippen molar-refractivity contribution < 1.29 is 4.79 Å². The largest absolute Gasteiger partial charge is 0.378 e. The molecule has 0 fully saturated rings. The molecule has 72 valence electrons. The lowest BCUT2D eigenvalue weighted by molar-refractivity contribution is -0.105. The topological polar surface area (TPSA) is 29.1 Å². The molecule has 0 spiro atoms. The quantitative estimate of drug-likeness (QED) is 0.434. The summed E-state index contributed by atoms with van der Waals surface area (Å²) in [5.41, 5.74) is 1.69. The molecule has 1 N–H and O–H groups in total. The van der Waals surface area contributed by atoms with Crippen LogP contribution in [0, 0.1) is 0 Å². The first kappa shape index (κ1) is 10.3. The van der Waals surface area contributed by atoms with E-state index in [4.69, 9.17) is 0 Å². The van der Waals surface area contributed by atoms with E-state index in [0.717, 1.165) is 11.8 Å². The Labute approximate surface area is 84.0 Å². The van der Waals surface area contributed by atoms with Crippen LogP contribution in [0.25, 0.3) is 0 Å². The molecular weight excluding hydrogens is 174 g/mol. The Morgan fingerprint density at radius 3 is 2.64 bits per heavy atom. The Hall–Kier alpha value is -1.83. The number of benzene rings is 1. The van der Waals surface area contributed by atoms with Crippen LogP contribution in [0.4, 0.5) is 0 Å². The lowest BCUT2D eigenvalue weighted by atomic mass is 10.2. The monoisotopic (exact) mass is 187 g/mol. The lowest BCUT2D eigenvalue weighted by Crippen LogP contribution is -2.13. The normalized spacial score (nSPS) is 10.7. The van der Waals surface area contributed by atoms with Crippen molar-refractivity contribution in [1.82, 2.24) is 5.32 Å². The molecule has 0 aliphatic heterocycles. The van der Waals surface area contributed by atoms with E-state index in [1.165, 1.54) is 0 Å². The molecular formula is C12H13NO. The minimum Gasteiger partial charge on any atom is -0.378 e. The molecule has 1 aromatic carbocycles. The van der Waals surface area contributed by atoms with E-state index < -0.39 is 0 Å². The summed E-state index contributed by atoms with van der Waals surface area (Å²) < 4.78 is 0. The highest BCUT2D eigenvalue weighted by Gasteiger charge is 1.93. The van der Waals surface area contributed by atoms with E-state index in [1.54, 1.807) is 12.2 Å². The van der Waals surface area contributed by atoms with Gasteiger partial charge in [0.05, 0.1) is 5.70 Å². The third-order valence-corrected chi connectivity index (χ3v) is 1.76. The Kier molecular flexibility index (Phi) is 4.21. The first-order chi connectivity index (χ1) is 6.86. The molecule has 0 saturated carbocycles. The van der Waals surface area contributed by atoms with E-state index in [2.05, 4.69) is 11.9 Å². The Morgan fingerprint density at radius 2 is 2.07 bits per heavy atom. The number of carbonyl (C=O) groups excluding carboxylic acids is 1. The number of carbonyl (C=O) groups is 1. The van der Waals surface area contributed by atoms with Gasteiger partial charge in [0.25, 0.3) is 0 Å². The van der Waals surface area contributed by atoms with Crippen LogP contribution >= 0.6 is 0 Å². The van der Waals surface area contributed by atoms with Gasteiger partial charge < -0.3 is 5.32 Å². The standard InChI is InChI=1S/C12H13NO/c1-2-6-12(10-14)13-9-11-7-4-3-5-8-11/h2-8,10,13H,1,9H2. The molecule has 0 bridgehead atoms. The van der Waals surface area contributed by atoms with E-state index in [9.17, 15) is 4.79 Å². The van der Waals surface area contributed by atoms with Crippen molar-refractivity contribution in [2.24, 2.45) is 0 Å². The van der Waals surface area contributed by atoms with Crippen LogP contribution in [0.15, 0.2) is 54.8 Å². The van der Waals surface area contributed by atoms with E-state index >= 15 is 0 Å². The van der Waals surface area contributed by atoms with E-state index in [-0.39, 0.29) is 0 Å². The maximum atomic E-state index is 10.5. The fourth-order valence-electron chi connectivity index (χ4n) is 1.07. The van der Waals surface area contributed by atoms with Gasteiger partial charge in [-0.3, -0.25) is 4.79 Å². The molecule has 0 amide bonds. The van der Waals surface area contributed by atoms with Crippen molar-refractivity contribution in [1.29, 1.82) is 0 Å². The molecule has 14 heavy (non-hydrogen) atoms. The van der Waals surface area contributed by atoms with Crippen LogP contribution in [0.2, 0.25) is 0 Å². The molecule has 1 aromatic rings. The van der Waals surface area contributed by atoms with Crippen molar-refractivity contribution in [2.45, 2.75) is 6.54 Å². The average Bonchev–Trinajstić information content (AvgIpc) is 2.25. The van der Waals surface area contributed by atoms with Gasteiger partial charge in [0, 0.05) is 6.54 Å². The van der Waals surface area contributed by atoms with E-state index in [1.807, 2.05) is 30.3 Å². The zero-order valence-corrected chi connectivity index (χ0v) is 7.94. The van der Waals surface area contributed by atoms with E-state index in [0.29, 0.717) is 12.2 Å². The van der Waals surface area contributed by atoms with Crippen LogP contribution in [-0.4, -0.2) is 6.29 Å². The van der Waals surface area contributed by atoms with Crippen LogP contribution in [0.3, 0.4) is 0 Å². The summed E-state index contributed by atoms with van der Waals surface area (Å²) in [5, 5.41) is 3.01. The van der Waals surface area contributed by atoms with Gasteiger partial charge in [0.15, 0.2) is 6.29 Å². The third-order valence-electron chi connectivity index (χ3n) is 1.76. The van der Waals surface area contributed by atoms with Gasteiger partial charge in [-0.25, -0.2) is 0 Å². The third kappa shape index (κ3) is 3.27. The molecule has 2 heteroatoms. The molecule has 1 rings (SSSR count). The maximum Gasteiger partial charge on any atom is 0.165 e. The highest BCUT2D eigenvalue weighted by Crippen LogP contribution is 1.98. The molecule has 0 heterocycles. The summed E-state index contributed by atoms with van der Waals surface area (Å²) in [6, 6.07) is 9.90. The zero-order valence-electron chi connectivity index (χ0n) is 7.94. The van der Waals surface area contributed by atoms with Crippen molar-refractivity contribution in [3.05, 3.63) is 60.3 Å². The molecule has 0 aliphatic rings. The molecule has 0 saturated heterocycles. The van der Waals surface area contributed by atoms with Gasteiger partial charge in [0.1, 0.15) is 0 Å². The van der Waals surface area contributed by atoms with Crippen LogP contribution in [0.1, 0.15) is 5.56 Å². The molecule has 0 aromatic heterocycles. The number of hydrogen-bond donors (Lipinski definition) is 1. The molecule has 2 nitrogen and oxygen atoms in total. The number of hydrogen-bond acceptors (Lipinski definition) is 2. The lowest BCUT2D eigenvalue weighted by Gasteiger charge is -2.04. The second kappa shape index (κ2) is 5.75. The molecule has 0 aliphatic carbocycles.